The highest BCUT2D eigenvalue weighted by molar-refractivity contribution is 6.10. The van der Waals surface area contributed by atoms with Gasteiger partial charge in [0.2, 0.25) is 0 Å². The van der Waals surface area contributed by atoms with Crippen LogP contribution in [0.25, 0.3) is 0 Å². The van der Waals surface area contributed by atoms with Gasteiger partial charge in [-0.25, -0.2) is 0 Å². The molecule has 3 rings (SSSR count). The number of benzene rings is 2. The summed E-state index contributed by atoms with van der Waals surface area (Å²) in [4.78, 5) is 14.8. The van der Waals surface area contributed by atoms with Crippen LogP contribution in [0, 0.1) is 6.92 Å². The van der Waals surface area contributed by atoms with Gasteiger partial charge in [-0.3, -0.25) is 4.79 Å². The molecule has 0 saturated carbocycles. The second-order valence-electron chi connectivity index (χ2n) is 5.41. The fourth-order valence-electron chi connectivity index (χ4n) is 2.88. The maximum Gasteiger partial charge on any atom is 0.260 e. The van der Waals surface area contributed by atoms with Crippen molar-refractivity contribution < 1.29 is 4.79 Å². The van der Waals surface area contributed by atoms with Gasteiger partial charge in [0, 0.05) is 24.5 Å². The molecular formula is C18H20N2O. The Morgan fingerprint density at radius 1 is 1.24 bits per heavy atom. The number of carbonyl (C=O) groups is 1. The van der Waals surface area contributed by atoms with E-state index in [9.17, 15) is 4.79 Å². The third kappa shape index (κ3) is 2.51. The molecule has 0 aliphatic carbocycles. The average Bonchev–Trinajstić information content (AvgIpc) is 2.91. The Kier molecular flexibility index (Phi) is 3.65. The van der Waals surface area contributed by atoms with Gasteiger partial charge in [-0.2, -0.15) is 0 Å². The zero-order chi connectivity index (χ0) is 14.8. The number of nitrogens with zero attached hydrogens (tertiary/aromatic N) is 1. The van der Waals surface area contributed by atoms with E-state index in [1.54, 1.807) is 0 Å². The van der Waals surface area contributed by atoms with Crippen LogP contribution in [0.4, 0.5) is 11.4 Å². The minimum absolute atomic E-state index is 0.0795. The van der Waals surface area contributed by atoms with Crippen molar-refractivity contribution in [2.45, 2.75) is 20.3 Å². The Hall–Kier alpha value is -2.29. The van der Waals surface area contributed by atoms with Crippen molar-refractivity contribution in [2.75, 3.05) is 23.3 Å². The van der Waals surface area contributed by atoms with E-state index in [4.69, 9.17) is 0 Å². The quantitative estimate of drug-likeness (QED) is 0.931. The van der Waals surface area contributed by atoms with Crippen LogP contribution in [0.1, 0.15) is 28.4 Å². The van der Waals surface area contributed by atoms with Crippen molar-refractivity contribution >= 4 is 17.3 Å². The molecule has 0 atom stereocenters. The maximum atomic E-state index is 12.9. The molecule has 3 heteroatoms. The molecule has 108 valence electrons. The lowest BCUT2D eigenvalue weighted by Crippen LogP contribution is -2.29. The zero-order valence-electron chi connectivity index (χ0n) is 12.5. The van der Waals surface area contributed by atoms with Crippen molar-refractivity contribution in [1.82, 2.24) is 0 Å². The highest BCUT2D eigenvalue weighted by Crippen LogP contribution is 2.30. The zero-order valence-corrected chi connectivity index (χ0v) is 12.5. The van der Waals surface area contributed by atoms with Gasteiger partial charge < -0.3 is 10.2 Å². The normalized spacial score (nSPS) is 13.1. The number of amides is 1. The summed E-state index contributed by atoms with van der Waals surface area (Å²) >= 11 is 0. The Labute approximate surface area is 125 Å². The van der Waals surface area contributed by atoms with Gasteiger partial charge in [0.15, 0.2) is 0 Å². The minimum Gasteiger partial charge on any atom is -0.385 e. The van der Waals surface area contributed by atoms with Gasteiger partial charge >= 0.3 is 0 Å². The molecule has 2 aromatic rings. The molecule has 0 radical (unpaired) electrons. The van der Waals surface area contributed by atoms with Crippen LogP contribution in [0.15, 0.2) is 42.5 Å². The molecule has 1 amide bonds. The third-order valence-corrected chi connectivity index (χ3v) is 3.91. The molecule has 21 heavy (non-hydrogen) atoms. The van der Waals surface area contributed by atoms with Gasteiger partial charge in [0.25, 0.3) is 5.91 Å². The predicted molar refractivity (Wildman–Crippen MR) is 87.2 cm³/mol. The summed E-state index contributed by atoms with van der Waals surface area (Å²) < 4.78 is 0. The van der Waals surface area contributed by atoms with Crippen molar-refractivity contribution in [3.63, 3.8) is 0 Å². The number of rotatable bonds is 3. The molecule has 3 nitrogen and oxygen atoms in total. The summed E-state index contributed by atoms with van der Waals surface area (Å²) in [6, 6.07) is 14.1. The number of hydrogen-bond donors (Lipinski definition) is 1. The largest absolute Gasteiger partial charge is 0.385 e. The summed E-state index contributed by atoms with van der Waals surface area (Å²) in [5, 5.41) is 3.30. The van der Waals surface area contributed by atoms with Crippen molar-refractivity contribution in [3.8, 4) is 0 Å². The second-order valence-corrected chi connectivity index (χ2v) is 5.41. The summed E-state index contributed by atoms with van der Waals surface area (Å²) in [5.74, 6) is 0.0795. The molecule has 0 saturated heterocycles. The Balaban J connectivity index is 1.97. The van der Waals surface area contributed by atoms with Crippen LogP contribution in [-0.2, 0) is 6.42 Å². The van der Waals surface area contributed by atoms with Crippen LogP contribution in [0.2, 0.25) is 0 Å². The third-order valence-electron chi connectivity index (χ3n) is 3.91. The number of fused-ring (bicyclic) bond motifs is 1. The smallest absolute Gasteiger partial charge is 0.260 e. The first-order valence-electron chi connectivity index (χ1n) is 7.45. The highest BCUT2D eigenvalue weighted by atomic mass is 16.2. The van der Waals surface area contributed by atoms with E-state index >= 15 is 0 Å². The Morgan fingerprint density at radius 3 is 2.86 bits per heavy atom. The Bertz CT molecular complexity index is 679. The number of hydrogen-bond acceptors (Lipinski definition) is 2. The van der Waals surface area contributed by atoms with Crippen LogP contribution < -0.4 is 10.2 Å². The first-order valence-corrected chi connectivity index (χ1v) is 7.45. The molecule has 1 aliphatic heterocycles. The van der Waals surface area contributed by atoms with Gasteiger partial charge in [-0.15, -0.1) is 0 Å². The number of para-hydroxylation sites is 1. The van der Waals surface area contributed by atoms with Gasteiger partial charge in [-0.1, -0.05) is 24.3 Å². The van der Waals surface area contributed by atoms with E-state index in [-0.39, 0.29) is 5.91 Å². The molecule has 0 bridgehead atoms. The van der Waals surface area contributed by atoms with Gasteiger partial charge in [0.05, 0.1) is 5.56 Å². The monoisotopic (exact) mass is 280 g/mol. The molecule has 1 aliphatic rings. The van der Waals surface area contributed by atoms with Crippen molar-refractivity contribution in [3.05, 3.63) is 59.2 Å². The van der Waals surface area contributed by atoms with E-state index in [1.807, 2.05) is 55.1 Å². The molecule has 1 N–H and O–H groups in total. The first kappa shape index (κ1) is 13.7. The molecule has 1 heterocycles. The van der Waals surface area contributed by atoms with E-state index in [1.165, 1.54) is 5.56 Å². The van der Waals surface area contributed by atoms with Crippen LogP contribution in [-0.4, -0.2) is 19.0 Å². The molecule has 0 spiro atoms. The highest BCUT2D eigenvalue weighted by Gasteiger charge is 2.26. The average molecular weight is 280 g/mol. The summed E-state index contributed by atoms with van der Waals surface area (Å²) in [7, 11) is 0. The molecule has 2 aromatic carbocycles. The maximum absolute atomic E-state index is 12.9. The molecular weight excluding hydrogens is 260 g/mol. The lowest BCUT2D eigenvalue weighted by molar-refractivity contribution is 0.0990. The predicted octanol–water partition coefficient (Wildman–Crippen LogP) is 3.63. The number of aryl methyl sites for hydroxylation is 1. The number of anilines is 2. The second kappa shape index (κ2) is 5.60. The van der Waals surface area contributed by atoms with Gasteiger partial charge in [-0.05, 0) is 49.6 Å². The summed E-state index contributed by atoms with van der Waals surface area (Å²) in [6.45, 7) is 5.65. The van der Waals surface area contributed by atoms with E-state index in [0.29, 0.717) is 0 Å². The van der Waals surface area contributed by atoms with Crippen molar-refractivity contribution in [1.29, 1.82) is 0 Å². The SMILES string of the molecule is CCNc1cc(C)ccc1C(=O)N1CCc2ccccc21. The fourth-order valence-corrected chi connectivity index (χ4v) is 2.88. The lowest BCUT2D eigenvalue weighted by Gasteiger charge is -2.20. The molecule has 0 fully saturated rings. The standard InChI is InChI=1S/C18H20N2O/c1-3-19-16-12-13(2)8-9-15(16)18(21)20-11-10-14-6-4-5-7-17(14)20/h4-9,12,19H,3,10-11H2,1-2H3. The van der Waals surface area contributed by atoms with Crippen LogP contribution >= 0.6 is 0 Å². The topological polar surface area (TPSA) is 32.3 Å². The number of nitrogens with one attached hydrogen (secondary N) is 1. The molecule has 0 aromatic heterocycles. The number of carbonyl (C=O) groups excluding carboxylic acids is 1. The van der Waals surface area contributed by atoms with E-state index < -0.39 is 0 Å². The van der Waals surface area contributed by atoms with Crippen molar-refractivity contribution in [2.24, 2.45) is 0 Å². The van der Waals surface area contributed by atoms with E-state index in [2.05, 4.69) is 11.4 Å². The van der Waals surface area contributed by atoms with E-state index in [0.717, 1.165) is 42.0 Å². The van der Waals surface area contributed by atoms with Crippen LogP contribution in [0.5, 0.6) is 0 Å². The van der Waals surface area contributed by atoms with Crippen LogP contribution in [0.3, 0.4) is 0 Å². The summed E-state index contributed by atoms with van der Waals surface area (Å²) in [6.07, 6.45) is 0.935. The minimum atomic E-state index is 0.0795. The van der Waals surface area contributed by atoms with Gasteiger partial charge in [0.1, 0.15) is 0 Å². The lowest BCUT2D eigenvalue weighted by atomic mass is 10.1. The Morgan fingerprint density at radius 2 is 2.05 bits per heavy atom. The molecule has 0 unspecified atom stereocenters. The first-order chi connectivity index (χ1) is 10.2. The summed E-state index contributed by atoms with van der Waals surface area (Å²) in [5.41, 5.74) is 5.13. The fraction of sp³-hybridized carbons (Fsp3) is 0.278.